The average Bonchev–Trinajstić information content (AvgIpc) is 2.40. The van der Waals surface area contributed by atoms with E-state index >= 15 is 0 Å². The predicted octanol–water partition coefficient (Wildman–Crippen LogP) is 2.67. The second kappa shape index (κ2) is 5.18. The molecule has 0 atom stereocenters. The molecule has 0 fully saturated rings. The molecule has 5 heteroatoms. The largest absolute Gasteiger partial charge is 0.439 e. The molecule has 0 aliphatic carbocycles. The van der Waals surface area contributed by atoms with Crippen molar-refractivity contribution in [1.82, 2.24) is 4.98 Å². The summed E-state index contributed by atoms with van der Waals surface area (Å²) in [6, 6.07) is 12.3. The predicted molar refractivity (Wildman–Crippen MR) is 68.5 cm³/mol. The molecular formula is C13H13NO3S. The molecule has 0 bridgehead atoms. The van der Waals surface area contributed by atoms with Gasteiger partial charge in [0.05, 0.1) is 10.6 Å². The van der Waals surface area contributed by atoms with Crippen LogP contribution in [0.3, 0.4) is 0 Å². The summed E-state index contributed by atoms with van der Waals surface area (Å²) in [6.07, 6.45) is 1.32. The Hall–Kier alpha value is -1.88. The van der Waals surface area contributed by atoms with Crippen molar-refractivity contribution >= 4 is 9.84 Å². The first-order valence-electron chi connectivity index (χ1n) is 5.53. The third-order valence-electron chi connectivity index (χ3n) is 2.41. The average molecular weight is 263 g/mol. The molecule has 0 radical (unpaired) electrons. The van der Waals surface area contributed by atoms with Crippen molar-refractivity contribution in [2.75, 3.05) is 5.75 Å². The maximum absolute atomic E-state index is 11.6. The molecule has 2 rings (SSSR count). The molecule has 1 aromatic heterocycles. The van der Waals surface area contributed by atoms with Gasteiger partial charge >= 0.3 is 0 Å². The van der Waals surface area contributed by atoms with E-state index < -0.39 is 9.84 Å². The van der Waals surface area contributed by atoms with Gasteiger partial charge in [-0.2, -0.15) is 0 Å². The van der Waals surface area contributed by atoms with E-state index in [2.05, 4.69) is 4.98 Å². The summed E-state index contributed by atoms with van der Waals surface area (Å²) in [7, 11) is -3.21. The second-order valence-corrected chi connectivity index (χ2v) is 5.93. The smallest absolute Gasteiger partial charge is 0.219 e. The number of sulfone groups is 1. The summed E-state index contributed by atoms with van der Waals surface area (Å²) < 4.78 is 28.7. The van der Waals surface area contributed by atoms with Gasteiger partial charge < -0.3 is 4.74 Å². The maximum Gasteiger partial charge on any atom is 0.219 e. The van der Waals surface area contributed by atoms with Crippen LogP contribution in [0.25, 0.3) is 0 Å². The topological polar surface area (TPSA) is 56.3 Å². The fourth-order valence-corrected chi connectivity index (χ4v) is 2.21. The first-order valence-corrected chi connectivity index (χ1v) is 7.19. The molecular weight excluding hydrogens is 250 g/mol. The minimum absolute atomic E-state index is 0.0631. The Balaban J connectivity index is 2.19. The second-order valence-electron chi connectivity index (χ2n) is 3.65. The molecule has 1 aromatic carbocycles. The van der Waals surface area contributed by atoms with Crippen LogP contribution in [0.1, 0.15) is 6.92 Å². The third kappa shape index (κ3) is 2.87. The number of benzene rings is 1. The van der Waals surface area contributed by atoms with Crippen molar-refractivity contribution in [2.24, 2.45) is 0 Å². The van der Waals surface area contributed by atoms with Crippen LogP contribution in [0.4, 0.5) is 0 Å². The van der Waals surface area contributed by atoms with Crippen LogP contribution in [-0.2, 0) is 9.84 Å². The quantitative estimate of drug-likeness (QED) is 0.851. The SMILES string of the molecule is CCS(=O)(=O)c1ccc(Oc2ccccc2)nc1. The van der Waals surface area contributed by atoms with Gasteiger partial charge in [0.25, 0.3) is 0 Å². The molecule has 0 aliphatic heterocycles. The van der Waals surface area contributed by atoms with E-state index in [4.69, 9.17) is 4.74 Å². The fourth-order valence-electron chi connectivity index (χ4n) is 1.39. The number of hydrogen-bond acceptors (Lipinski definition) is 4. The number of para-hydroxylation sites is 1. The number of nitrogens with zero attached hydrogens (tertiary/aromatic N) is 1. The minimum Gasteiger partial charge on any atom is -0.439 e. The van der Waals surface area contributed by atoms with Crippen LogP contribution in [-0.4, -0.2) is 19.2 Å². The van der Waals surface area contributed by atoms with E-state index in [-0.39, 0.29) is 10.6 Å². The summed E-state index contributed by atoms with van der Waals surface area (Å²) in [4.78, 5) is 4.20. The van der Waals surface area contributed by atoms with Gasteiger partial charge in [0.2, 0.25) is 5.88 Å². The molecule has 0 aliphatic rings. The Morgan fingerprint density at radius 1 is 1.11 bits per heavy atom. The zero-order valence-electron chi connectivity index (χ0n) is 9.91. The van der Waals surface area contributed by atoms with Crippen molar-refractivity contribution in [1.29, 1.82) is 0 Å². The van der Waals surface area contributed by atoms with Gasteiger partial charge in [-0.25, -0.2) is 13.4 Å². The van der Waals surface area contributed by atoms with Gasteiger partial charge in [-0.1, -0.05) is 25.1 Å². The first kappa shape index (κ1) is 12.6. The highest BCUT2D eigenvalue weighted by Crippen LogP contribution is 2.20. The molecule has 18 heavy (non-hydrogen) atoms. The van der Waals surface area contributed by atoms with E-state index in [1.165, 1.54) is 12.3 Å². The van der Waals surface area contributed by atoms with Gasteiger partial charge in [0.15, 0.2) is 9.84 Å². The highest BCUT2D eigenvalue weighted by Gasteiger charge is 2.11. The molecule has 0 N–H and O–H groups in total. The van der Waals surface area contributed by atoms with Crippen LogP contribution in [0.5, 0.6) is 11.6 Å². The van der Waals surface area contributed by atoms with E-state index in [0.717, 1.165) is 0 Å². The third-order valence-corrected chi connectivity index (χ3v) is 4.13. The van der Waals surface area contributed by atoms with Gasteiger partial charge in [-0.3, -0.25) is 0 Å². The van der Waals surface area contributed by atoms with Crippen LogP contribution in [0.15, 0.2) is 53.6 Å². The Labute approximate surface area is 106 Å². The molecule has 2 aromatic rings. The maximum atomic E-state index is 11.6. The Morgan fingerprint density at radius 3 is 2.39 bits per heavy atom. The van der Waals surface area contributed by atoms with Crippen molar-refractivity contribution < 1.29 is 13.2 Å². The zero-order chi connectivity index (χ0) is 13.0. The standard InChI is InChI=1S/C13H13NO3S/c1-2-18(15,16)12-8-9-13(14-10-12)17-11-6-4-3-5-7-11/h3-10H,2H2,1H3. The van der Waals surface area contributed by atoms with Gasteiger partial charge in [-0.05, 0) is 18.2 Å². The molecule has 0 unspecified atom stereocenters. The Morgan fingerprint density at radius 2 is 1.83 bits per heavy atom. The fraction of sp³-hybridized carbons (Fsp3) is 0.154. The summed E-state index contributed by atoms with van der Waals surface area (Å²) >= 11 is 0. The van der Waals surface area contributed by atoms with Gasteiger partial charge in [-0.15, -0.1) is 0 Å². The summed E-state index contributed by atoms with van der Waals surface area (Å²) in [5.74, 6) is 1.10. The van der Waals surface area contributed by atoms with Gasteiger partial charge in [0.1, 0.15) is 5.75 Å². The molecule has 0 amide bonds. The molecule has 0 spiro atoms. The Kier molecular flexibility index (Phi) is 3.62. The first-order chi connectivity index (χ1) is 8.62. The number of rotatable bonds is 4. The van der Waals surface area contributed by atoms with Crippen LogP contribution >= 0.6 is 0 Å². The van der Waals surface area contributed by atoms with E-state index in [9.17, 15) is 8.42 Å². The minimum atomic E-state index is -3.21. The van der Waals surface area contributed by atoms with E-state index in [1.807, 2.05) is 18.2 Å². The van der Waals surface area contributed by atoms with Crippen molar-refractivity contribution in [3.05, 3.63) is 48.7 Å². The molecule has 4 nitrogen and oxygen atoms in total. The molecule has 94 valence electrons. The molecule has 1 heterocycles. The molecule has 0 saturated heterocycles. The van der Waals surface area contributed by atoms with Crippen LogP contribution < -0.4 is 4.74 Å². The number of hydrogen-bond donors (Lipinski definition) is 0. The highest BCUT2D eigenvalue weighted by atomic mass is 32.2. The van der Waals surface area contributed by atoms with Crippen molar-refractivity contribution in [3.63, 3.8) is 0 Å². The summed E-state index contributed by atoms with van der Waals surface area (Å²) in [5.41, 5.74) is 0. The highest BCUT2D eigenvalue weighted by molar-refractivity contribution is 7.91. The van der Waals surface area contributed by atoms with Crippen molar-refractivity contribution in [2.45, 2.75) is 11.8 Å². The van der Waals surface area contributed by atoms with E-state index in [1.54, 1.807) is 25.1 Å². The lowest BCUT2D eigenvalue weighted by atomic mass is 10.3. The van der Waals surface area contributed by atoms with Gasteiger partial charge in [0, 0.05) is 12.3 Å². The van der Waals surface area contributed by atoms with E-state index in [0.29, 0.717) is 11.6 Å². The molecule has 0 saturated carbocycles. The lowest BCUT2D eigenvalue weighted by Gasteiger charge is -2.05. The lowest BCUT2D eigenvalue weighted by Crippen LogP contribution is -2.04. The van der Waals surface area contributed by atoms with Crippen LogP contribution in [0.2, 0.25) is 0 Å². The summed E-state index contributed by atoms with van der Waals surface area (Å²) in [6.45, 7) is 1.60. The number of ether oxygens (including phenoxy) is 1. The normalized spacial score (nSPS) is 11.2. The van der Waals surface area contributed by atoms with Crippen molar-refractivity contribution in [3.8, 4) is 11.6 Å². The number of aromatic nitrogens is 1. The number of pyridine rings is 1. The lowest BCUT2D eigenvalue weighted by molar-refractivity contribution is 0.462. The monoisotopic (exact) mass is 263 g/mol. The van der Waals surface area contributed by atoms with Crippen LogP contribution in [0, 0.1) is 0 Å². The zero-order valence-corrected chi connectivity index (χ0v) is 10.7. The Bertz CT molecular complexity index is 606. The summed E-state index contributed by atoms with van der Waals surface area (Å²) in [5, 5.41) is 0.